The van der Waals surface area contributed by atoms with Crippen molar-refractivity contribution in [1.82, 2.24) is 9.97 Å². The van der Waals surface area contributed by atoms with E-state index >= 15 is 0 Å². The minimum Gasteiger partial charge on any atom is -0.386 e. The Morgan fingerprint density at radius 3 is 2.82 bits per heavy atom. The molecule has 3 atom stereocenters. The van der Waals surface area contributed by atoms with E-state index in [0.717, 1.165) is 6.42 Å². The first-order valence-electron chi connectivity index (χ1n) is 10.4. The first-order chi connectivity index (χ1) is 15.5. The maximum atomic E-state index is 14.9. The second-order valence-electron chi connectivity index (χ2n) is 8.73. The smallest absolute Gasteiger partial charge is 0.275 e. The molecule has 0 fully saturated rings. The van der Waals surface area contributed by atoms with Crippen molar-refractivity contribution in [2.75, 3.05) is 17.6 Å². The van der Waals surface area contributed by atoms with E-state index in [4.69, 9.17) is 11.0 Å². The average Bonchev–Trinajstić information content (AvgIpc) is 2.76. The average molecular weight is 470 g/mol. The highest BCUT2D eigenvalue weighted by atomic mass is 32.2. The molecule has 1 amide bonds. The molecule has 172 valence electrons. The fourth-order valence-electron chi connectivity index (χ4n) is 4.28. The van der Waals surface area contributed by atoms with Gasteiger partial charge in [-0.2, -0.15) is 5.26 Å². The predicted octanol–water partition coefficient (Wildman–Crippen LogP) is 2.65. The van der Waals surface area contributed by atoms with Gasteiger partial charge in [-0.1, -0.05) is 0 Å². The van der Waals surface area contributed by atoms with Crippen LogP contribution in [0.5, 0.6) is 0 Å². The molecule has 0 unspecified atom stereocenters. The van der Waals surface area contributed by atoms with E-state index in [-0.39, 0.29) is 28.8 Å². The second-order valence-corrected chi connectivity index (χ2v) is 11.5. The van der Waals surface area contributed by atoms with Gasteiger partial charge in [0.1, 0.15) is 45.2 Å². The number of aryl methyl sites for hydroxylation is 1. The van der Waals surface area contributed by atoms with E-state index in [9.17, 15) is 13.4 Å². The molecule has 0 aromatic carbocycles. The van der Waals surface area contributed by atoms with Crippen LogP contribution in [-0.4, -0.2) is 43.0 Å². The van der Waals surface area contributed by atoms with E-state index in [1.807, 2.05) is 6.07 Å². The zero-order chi connectivity index (χ0) is 24.0. The van der Waals surface area contributed by atoms with E-state index in [1.165, 1.54) is 18.3 Å². The summed E-state index contributed by atoms with van der Waals surface area (Å²) in [7, 11) is -2.81. The molecule has 0 aliphatic carbocycles. The van der Waals surface area contributed by atoms with Crippen LogP contribution in [0.1, 0.15) is 54.0 Å². The van der Waals surface area contributed by atoms with E-state index in [2.05, 4.69) is 24.6 Å². The van der Waals surface area contributed by atoms with Gasteiger partial charge in [-0.05, 0) is 57.4 Å². The Balaban J connectivity index is 1.70. The molecule has 0 spiro atoms. The van der Waals surface area contributed by atoms with Gasteiger partial charge in [-0.3, -0.25) is 9.79 Å². The molecule has 9 nitrogen and oxygen atoms in total. The zero-order valence-electron chi connectivity index (χ0n) is 18.6. The van der Waals surface area contributed by atoms with Gasteiger partial charge in [0.05, 0.1) is 21.0 Å². The van der Waals surface area contributed by atoms with Crippen molar-refractivity contribution in [3.8, 4) is 6.07 Å². The van der Waals surface area contributed by atoms with Crippen LogP contribution < -0.4 is 11.1 Å². The van der Waals surface area contributed by atoms with Gasteiger partial charge in [0.2, 0.25) is 0 Å². The number of aromatic nitrogens is 2. The van der Waals surface area contributed by atoms with Gasteiger partial charge in [-0.15, -0.1) is 0 Å². The zero-order valence-corrected chi connectivity index (χ0v) is 19.4. The Morgan fingerprint density at radius 1 is 1.36 bits per heavy atom. The Bertz CT molecular complexity index is 1360. The lowest BCUT2D eigenvalue weighted by atomic mass is 9.96. The lowest BCUT2D eigenvalue weighted by Gasteiger charge is -2.43. The van der Waals surface area contributed by atoms with E-state index in [0.29, 0.717) is 24.1 Å². The molecule has 11 heteroatoms. The number of amides is 1. The Kier molecular flexibility index (Phi) is 5.44. The fraction of sp³-hybridized carbons (Fsp3) is 0.409. The van der Waals surface area contributed by atoms with Crippen molar-refractivity contribution >= 4 is 27.3 Å². The van der Waals surface area contributed by atoms with Gasteiger partial charge in [0.15, 0.2) is 0 Å². The standard InChI is InChI=1S/C22H24FN7O2S/c1-13-9-14(10-24)11-26-17(13)19(31)29-16-6-5-15(23)18(28-16)21(2)12-33(32)22(3,20(25)30-21)7-4-8-27-33/h5-6,9,11H,4,7-8,12H2,1-3H3,(H2,25,30)(H,28,29,31)/t21-,22+,33+/m0/s1. The number of pyridine rings is 2. The molecule has 33 heavy (non-hydrogen) atoms. The lowest BCUT2D eigenvalue weighted by molar-refractivity contribution is 0.102. The third kappa shape index (κ3) is 3.74. The molecular weight excluding hydrogens is 445 g/mol. The molecule has 4 rings (SSSR count). The third-order valence-electron chi connectivity index (χ3n) is 6.22. The normalized spacial score (nSPS) is 28.6. The number of hydrogen-bond acceptors (Lipinski definition) is 8. The number of fused-ring (bicyclic) bond motifs is 1. The second kappa shape index (κ2) is 7.88. The van der Waals surface area contributed by atoms with Gasteiger partial charge >= 0.3 is 0 Å². The summed E-state index contributed by atoms with van der Waals surface area (Å²) in [5.41, 5.74) is 5.85. The number of hydrogen-bond donors (Lipinski definition) is 2. The van der Waals surface area contributed by atoms with Gasteiger partial charge in [0.25, 0.3) is 5.91 Å². The fourth-order valence-corrected chi connectivity index (χ4v) is 7.20. The lowest BCUT2D eigenvalue weighted by Crippen LogP contribution is -2.57. The van der Waals surface area contributed by atoms with Crippen LogP contribution in [-0.2, 0) is 15.3 Å². The monoisotopic (exact) mass is 469 g/mol. The Hall–Kier alpha value is -3.39. The van der Waals surface area contributed by atoms with Gasteiger partial charge < -0.3 is 11.1 Å². The van der Waals surface area contributed by atoms with Crippen molar-refractivity contribution < 1.29 is 13.4 Å². The minimum atomic E-state index is -2.81. The third-order valence-corrected chi connectivity index (χ3v) is 9.60. The minimum absolute atomic E-state index is 0.0190. The molecule has 0 saturated carbocycles. The number of carbonyl (C=O) groups excluding carboxylic acids is 1. The van der Waals surface area contributed by atoms with Crippen LogP contribution in [0, 0.1) is 24.1 Å². The van der Waals surface area contributed by atoms with Crippen LogP contribution in [0.4, 0.5) is 10.2 Å². The number of nitrogens with zero attached hydrogens (tertiary/aromatic N) is 5. The summed E-state index contributed by atoms with van der Waals surface area (Å²) in [6, 6.07) is 6.01. The van der Waals surface area contributed by atoms with Crippen LogP contribution in [0.15, 0.2) is 33.8 Å². The molecule has 2 aliphatic heterocycles. The predicted molar refractivity (Wildman–Crippen MR) is 123 cm³/mol. The number of halogens is 1. The molecular formula is C22H24FN7O2S. The first kappa shape index (κ1) is 22.8. The molecule has 4 heterocycles. The van der Waals surface area contributed by atoms with Crippen molar-refractivity contribution in [3.05, 3.63) is 52.7 Å². The molecule has 2 aromatic heterocycles. The first-order valence-corrected chi connectivity index (χ1v) is 12.1. The summed E-state index contributed by atoms with van der Waals surface area (Å²) < 4.78 is 32.3. The van der Waals surface area contributed by atoms with Crippen molar-refractivity contribution in [2.45, 2.75) is 43.9 Å². The summed E-state index contributed by atoms with van der Waals surface area (Å²) in [4.78, 5) is 25.6. The number of nitrogens with two attached hydrogens (primary N) is 1. The van der Waals surface area contributed by atoms with Gasteiger partial charge in [-0.25, -0.2) is 22.9 Å². The quantitative estimate of drug-likeness (QED) is 0.706. The molecule has 2 aromatic rings. The maximum absolute atomic E-state index is 14.9. The van der Waals surface area contributed by atoms with Crippen LogP contribution >= 0.6 is 0 Å². The number of nitrogens with one attached hydrogen (secondary N) is 1. The number of rotatable bonds is 3. The topological polar surface area (TPSA) is 146 Å². The maximum Gasteiger partial charge on any atom is 0.275 e. The van der Waals surface area contributed by atoms with Crippen molar-refractivity contribution in [2.24, 2.45) is 15.1 Å². The highest BCUT2D eigenvalue weighted by molar-refractivity contribution is 7.95. The van der Waals surface area contributed by atoms with Crippen LogP contribution in [0.25, 0.3) is 0 Å². The van der Waals surface area contributed by atoms with Crippen LogP contribution in [0.3, 0.4) is 0 Å². The van der Waals surface area contributed by atoms with Crippen LogP contribution in [0.2, 0.25) is 0 Å². The van der Waals surface area contributed by atoms with Gasteiger partial charge in [0, 0.05) is 12.7 Å². The molecule has 0 radical (unpaired) electrons. The van der Waals surface area contributed by atoms with Crippen molar-refractivity contribution in [1.29, 1.82) is 5.26 Å². The summed E-state index contributed by atoms with van der Waals surface area (Å²) in [5, 5.41) is 11.6. The number of nitriles is 1. The summed E-state index contributed by atoms with van der Waals surface area (Å²) in [6.45, 7) is 5.54. The summed E-state index contributed by atoms with van der Waals surface area (Å²) >= 11 is 0. The molecule has 0 bridgehead atoms. The molecule has 3 N–H and O–H groups in total. The molecule has 2 aliphatic rings. The van der Waals surface area contributed by atoms with E-state index in [1.54, 1.807) is 26.8 Å². The largest absolute Gasteiger partial charge is 0.386 e. The SMILES string of the molecule is Cc1cc(C#N)cnc1C(=O)Nc1ccc(F)c([C@]2(C)C[S@]3(=O)=NCCC[C@]3(C)C(N)=N2)n1. The number of amidine groups is 1. The molecule has 0 saturated heterocycles. The summed E-state index contributed by atoms with van der Waals surface area (Å²) in [6.07, 6.45) is 2.66. The number of aliphatic imine (C=N–C) groups is 1. The van der Waals surface area contributed by atoms with E-state index < -0.39 is 31.7 Å². The Morgan fingerprint density at radius 2 is 2.12 bits per heavy atom. The highest BCUT2D eigenvalue weighted by Gasteiger charge is 2.51. The number of carbonyl (C=O) groups is 1. The highest BCUT2D eigenvalue weighted by Crippen LogP contribution is 2.42. The summed E-state index contributed by atoms with van der Waals surface area (Å²) in [5.74, 6) is -0.963. The number of anilines is 1. The Labute approximate surface area is 191 Å². The van der Waals surface area contributed by atoms with Crippen molar-refractivity contribution in [3.63, 3.8) is 0 Å².